The van der Waals surface area contributed by atoms with Crippen LogP contribution in [0.15, 0.2) is 24.3 Å². The average molecular weight is 176 g/mol. The Labute approximate surface area is 67.2 Å². The highest BCUT2D eigenvalue weighted by molar-refractivity contribution is 7.86. The molecule has 0 aliphatic heterocycles. The molecule has 0 aliphatic rings. The second-order valence-electron chi connectivity index (χ2n) is 2.33. The summed E-state index contributed by atoms with van der Waals surface area (Å²) in [5, 5.41) is -0.861. The first-order valence-corrected chi connectivity index (χ1v) is 4.65. The van der Waals surface area contributed by atoms with Gasteiger partial charge in [0.2, 0.25) is 0 Å². The summed E-state index contributed by atoms with van der Waals surface area (Å²) in [6.07, 6.45) is 2.96. The van der Waals surface area contributed by atoms with E-state index in [2.05, 4.69) is 6.58 Å². The number of allylic oxidation sites excluding steroid dienone is 2. The average Bonchev–Trinajstić information content (AvgIpc) is 1.85. The lowest BCUT2D eigenvalue weighted by atomic mass is 10.2. The molecule has 0 bridgehead atoms. The SMILES string of the molecule is C=C/C(C)=C/C(C)S(=O)(=O)O. The highest BCUT2D eigenvalue weighted by atomic mass is 32.2. The van der Waals surface area contributed by atoms with E-state index in [1.54, 1.807) is 6.92 Å². The summed E-state index contributed by atoms with van der Waals surface area (Å²) in [6.45, 7) is 6.57. The van der Waals surface area contributed by atoms with Crippen LogP contribution in [0, 0.1) is 0 Å². The summed E-state index contributed by atoms with van der Waals surface area (Å²) >= 11 is 0. The molecule has 0 fully saturated rings. The lowest BCUT2D eigenvalue weighted by molar-refractivity contribution is 0.477. The van der Waals surface area contributed by atoms with Crippen LogP contribution >= 0.6 is 0 Å². The van der Waals surface area contributed by atoms with Gasteiger partial charge in [-0.1, -0.05) is 24.3 Å². The minimum atomic E-state index is -3.93. The topological polar surface area (TPSA) is 54.4 Å². The molecule has 0 saturated carbocycles. The number of rotatable bonds is 3. The largest absolute Gasteiger partial charge is 0.285 e. The minimum Gasteiger partial charge on any atom is -0.285 e. The fourth-order valence-corrected chi connectivity index (χ4v) is 0.911. The summed E-state index contributed by atoms with van der Waals surface area (Å²) in [5.74, 6) is 0. The van der Waals surface area contributed by atoms with Crippen molar-refractivity contribution < 1.29 is 13.0 Å². The van der Waals surface area contributed by atoms with Gasteiger partial charge in [-0.15, -0.1) is 0 Å². The fourth-order valence-electron chi connectivity index (χ4n) is 0.524. The van der Waals surface area contributed by atoms with Crippen LogP contribution in [0.3, 0.4) is 0 Å². The van der Waals surface area contributed by atoms with Gasteiger partial charge in [-0.25, -0.2) is 0 Å². The number of hydrogen-bond donors (Lipinski definition) is 1. The molecule has 1 unspecified atom stereocenters. The maximum Gasteiger partial charge on any atom is 0.271 e. The first-order valence-electron chi connectivity index (χ1n) is 3.15. The van der Waals surface area contributed by atoms with Crippen molar-refractivity contribution >= 4 is 10.1 Å². The van der Waals surface area contributed by atoms with Gasteiger partial charge in [0, 0.05) is 0 Å². The van der Waals surface area contributed by atoms with Crippen LogP contribution in [0.25, 0.3) is 0 Å². The minimum absolute atomic E-state index is 0.732. The maximum absolute atomic E-state index is 10.5. The van der Waals surface area contributed by atoms with Gasteiger partial charge in [0.25, 0.3) is 10.1 Å². The van der Waals surface area contributed by atoms with Crippen molar-refractivity contribution in [3.05, 3.63) is 24.3 Å². The molecule has 1 N–H and O–H groups in total. The van der Waals surface area contributed by atoms with Crippen molar-refractivity contribution in [1.29, 1.82) is 0 Å². The second kappa shape index (κ2) is 3.69. The zero-order chi connectivity index (χ0) is 9.07. The molecule has 0 rings (SSSR count). The Hall–Kier alpha value is -0.610. The van der Waals surface area contributed by atoms with E-state index >= 15 is 0 Å². The molecule has 0 spiro atoms. The highest BCUT2D eigenvalue weighted by Crippen LogP contribution is 2.03. The molecular formula is C7H12O3S. The van der Waals surface area contributed by atoms with Crippen molar-refractivity contribution in [2.45, 2.75) is 19.1 Å². The van der Waals surface area contributed by atoms with Crippen molar-refractivity contribution in [3.8, 4) is 0 Å². The van der Waals surface area contributed by atoms with E-state index < -0.39 is 15.4 Å². The quantitative estimate of drug-likeness (QED) is 0.522. The van der Waals surface area contributed by atoms with E-state index in [9.17, 15) is 8.42 Å². The van der Waals surface area contributed by atoms with Gasteiger partial charge in [-0.05, 0) is 13.8 Å². The van der Waals surface area contributed by atoms with Gasteiger partial charge in [0.05, 0.1) is 0 Å². The number of hydrogen-bond acceptors (Lipinski definition) is 2. The van der Waals surface area contributed by atoms with Gasteiger partial charge in [-0.2, -0.15) is 8.42 Å². The lowest BCUT2D eigenvalue weighted by Gasteiger charge is -2.01. The van der Waals surface area contributed by atoms with Gasteiger partial charge < -0.3 is 0 Å². The molecule has 4 heteroatoms. The Morgan fingerprint density at radius 2 is 2.09 bits per heavy atom. The first-order chi connectivity index (χ1) is 4.88. The van der Waals surface area contributed by atoms with Crippen LogP contribution in [-0.2, 0) is 10.1 Å². The van der Waals surface area contributed by atoms with Crippen LogP contribution in [0.4, 0.5) is 0 Å². The third kappa shape index (κ3) is 3.95. The lowest BCUT2D eigenvalue weighted by Crippen LogP contribution is -2.13. The van der Waals surface area contributed by atoms with Crippen LogP contribution in [0.5, 0.6) is 0 Å². The Kier molecular flexibility index (Phi) is 3.48. The van der Waals surface area contributed by atoms with Crippen LogP contribution in [0.1, 0.15) is 13.8 Å². The Bertz CT molecular complexity index is 261. The van der Waals surface area contributed by atoms with Gasteiger partial charge in [0.1, 0.15) is 5.25 Å². The molecule has 0 aromatic rings. The van der Waals surface area contributed by atoms with Crippen molar-refractivity contribution in [2.75, 3.05) is 0 Å². The Morgan fingerprint density at radius 1 is 1.64 bits per heavy atom. The first kappa shape index (κ1) is 10.4. The highest BCUT2D eigenvalue weighted by Gasteiger charge is 2.13. The summed E-state index contributed by atoms with van der Waals surface area (Å²) in [4.78, 5) is 0. The Balaban J connectivity index is 4.55. The Morgan fingerprint density at radius 3 is 2.36 bits per heavy atom. The normalized spacial score (nSPS) is 16.1. The summed E-state index contributed by atoms with van der Waals surface area (Å²) < 4.78 is 29.4. The molecule has 0 heterocycles. The molecule has 0 radical (unpaired) electrons. The predicted molar refractivity (Wildman–Crippen MR) is 45.0 cm³/mol. The maximum atomic E-state index is 10.5. The second-order valence-corrected chi connectivity index (χ2v) is 4.11. The standard InChI is InChI=1S/C7H12O3S/c1-4-6(2)5-7(3)11(8,9)10/h4-5,7H,1H2,2-3H3,(H,8,9,10)/b6-5+. The third-order valence-electron chi connectivity index (χ3n) is 1.29. The molecule has 0 amide bonds. The van der Waals surface area contributed by atoms with Crippen LogP contribution < -0.4 is 0 Å². The van der Waals surface area contributed by atoms with E-state index in [4.69, 9.17) is 4.55 Å². The van der Waals surface area contributed by atoms with E-state index in [1.165, 1.54) is 19.1 Å². The summed E-state index contributed by atoms with van der Waals surface area (Å²) in [7, 11) is -3.93. The molecule has 11 heavy (non-hydrogen) atoms. The summed E-state index contributed by atoms with van der Waals surface area (Å²) in [5.41, 5.74) is 0.732. The molecule has 3 nitrogen and oxygen atoms in total. The van der Waals surface area contributed by atoms with E-state index in [0.29, 0.717) is 0 Å². The van der Waals surface area contributed by atoms with Crippen LogP contribution in [0.2, 0.25) is 0 Å². The van der Waals surface area contributed by atoms with E-state index in [-0.39, 0.29) is 0 Å². The van der Waals surface area contributed by atoms with Gasteiger partial charge >= 0.3 is 0 Å². The molecule has 0 aromatic carbocycles. The molecule has 0 saturated heterocycles. The van der Waals surface area contributed by atoms with Crippen molar-refractivity contribution in [2.24, 2.45) is 0 Å². The zero-order valence-electron chi connectivity index (χ0n) is 6.61. The monoisotopic (exact) mass is 176 g/mol. The van der Waals surface area contributed by atoms with Gasteiger partial charge in [-0.3, -0.25) is 4.55 Å². The molecule has 1 atom stereocenters. The van der Waals surface area contributed by atoms with E-state index in [0.717, 1.165) is 5.57 Å². The molecule has 64 valence electrons. The zero-order valence-corrected chi connectivity index (χ0v) is 7.43. The van der Waals surface area contributed by atoms with Crippen LogP contribution in [-0.4, -0.2) is 18.2 Å². The van der Waals surface area contributed by atoms with Gasteiger partial charge in [0.15, 0.2) is 0 Å². The predicted octanol–water partition coefficient (Wildman–Crippen LogP) is 1.40. The molecule has 0 aliphatic carbocycles. The fraction of sp³-hybridized carbons (Fsp3) is 0.429. The molecule has 0 aromatic heterocycles. The smallest absolute Gasteiger partial charge is 0.271 e. The third-order valence-corrected chi connectivity index (χ3v) is 2.37. The van der Waals surface area contributed by atoms with Crippen molar-refractivity contribution in [1.82, 2.24) is 0 Å². The van der Waals surface area contributed by atoms with Crippen molar-refractivity contribution in [3.63, 3.8) is 0 Å². The summed E-state index contributed by atoms with van der Waals surface area (Å²) in [6, 6.07) is 0. The van der Waals surface area contributed by atoms with E-state index in [1.807, 2.05) is 0 Å². The molecular weight excluding hydrogens is 164 g/mol.